The average Bonchev–Trinajstić information content (AvgIpc) is 3.08. The molecule has 1 saturated heterocycles. The molecule has 1 amide bonds. The molecule has 5 nitrogen and oxygen atoms in total. The number of carbonyl (C=O) groups excluding carboxylic acids is 2. The smallest absolute Gasteiger partial charge is 0.338 e. The lowest BCUT2D eigenvalue weighted by Crippen LogP contribution is -2.25. The van der Waals surface area contributed by atoms with Crippen LogP contribution in [0.3, 0.4) is 0 Å². The van der Waals surface area contributed by atoms with Gasteiger partial charge >= 0.3 is 5.97 Å². The van der Waals surface area contributed by atoms with Crippen LogP contribution in [0.1, 0.15) is 37.0 Å². The minimum Gasteiger partial charge on any atom is -0.493 e. The van der Waals surface area contributed by atoms with Crippen molar-refractivity contribution in [1.29, 1.82) is 0 Å². The number of rotatable bonds is 6. The number of hydrogen-bond donors (Lipinski definition) is 0. The fraction of sp³-hybridized carbons (Fsp3) is 0.333. The molecule has 1 aliphatic rings. The largest absolute Gasteiger partial charge is 0.493 e. The van der Waals surface area contributed by atoms with Crippen molar-refractivity contribution in [2.75, 3.05) is 24.7 Å². The van der Waals surface area contributed by atoms with Crippen molar-refractivity contribution < 1.29 is 23.5 Å². The zero-order valence-electron chi connectivity index (χ0n) is 15.5. The van der Waals surface area contributed by atoms with Gasteiger partial charge in [-0.05, 0) is 50.1 Å². The summed E-state index contributed by atoms with van der Waals surface area (Å²) in [5, 5.41) is 0. The summed E-state index contributed by atoms with van der Waals surface area (Å²) in [5.74, 6) is -0.373. The van der Waals surface area contributed by atoms with Gasteiger partial charge in [0.05, 0.1) is 24.5 Å². The van der Waals surface area contributed by atoms with E-state index in [9.17, 15) is 14.0 Å². The van der Waals surface area contributed by atoms with Crippen molar-refractivity contribution in [3.8, 4) is 16.9 Å². The molecule has 0 radical (unpaired) electrons. The van der Waals surface area contributed by atoms with E-state index in [0.29, 0.717) is 47.7 Å². The Kier molecular flexibility index (Phi) is 5.74. The lowest BCUT2D eigenvalue weighted by Gasteiger charge is -2.23. The van der Waals surface area contributed by atoms with E-state index in [1.807, 2.05) is 6.92 Å². The van der Waals surface area contributed by atoms with Gasteiger partial charge in [0.15, 0.2) is 0 Å². The maximum Gasteiger partial charge on any atom is 0.338 e. The van der Waals surface area contributed by atoms with Crippen LogP contribution in [0.5, 0.6) is 5.75 Å². The molecule has 0 atom stereocenters. The van der Waals surface area contributed by atoms with Crippen molar-refractivity contribution in [2.24, 2.45) is 0 Å². The van der Waals surface area contributed by atoms with Gasteiger partial charge in [-0.1, -0.05) is 12.1 Å². The highest BCUT2D eigenvalue weighted by atomic mass is 19.1. The Morgan fingerprint density at radius 2 is 1.89 bits per heavy atom. The monoisotopic (exact) mass is 371 g/mol. The lowest BCUT2D eigenvalue weighted by molar-refractivity contribution is -0.117. The van der Waals surface area contributed by atoms with Gasteiger partial charge in [-0.2, -0.15) is 0 Å². The highest BCUT2D eigenvalue weighted by molar-refractivity contribution is 6.03. The van der Waals surface area contributed by atoms with E-state index in [1.165, 1.54) is 12.1 Å². The van der Waals surface area contributed by atoms with Crippen LogP contribution in [0.2, 0.25) is 0 Å². The van der Waals surface area contributed by atoms with Gasteiger partial charge in [-0.15, -0.1) is 0 Å². The average molecular weight is 371 g/mol. The second-order valence-corrected chi connectivity index (χ2v) is 6.18. The first kappa shape index (κ1) is 18.9. The number of nitrogens with zero attached hydrogens (tertiary/aromatic N) is 1. The maximum atomic E-state index is 13.4. The van der Waals surface area contributed by atoms with Gasteiger partial charge in [-0.3, -0.25) is 4.79 Å². The molecule has 2 aromatic carbocycles. The van der Waals surface area contributed by atoms with E-state index in [2.05, 4.69) is 0 Å². The van der Waals surface area contributed by atoms with Gasteiger partial charge in [0.2, 0.25) is 5.91 Å². The molecule has 27 heavy (non-hydrogen) atoms. The third-order valence-corrected chi connectivity index (χ3v) is 4.39. The van der Waals surface area contributed by atoms with Crippen molar-refractivity contribution in [3.05, 3.63) is 47.8 Å². The molecule has 1 heterocycles. The van der Waals surface area contributed by atoms with Crippen molar-refractivity contribution >= 4 is 17.6 Å². The molecule has 1 fully saturated rings. The third kappa shape index (κ3) is 3.94. The van der Waals surface area contributed by atoms with E-state index >= 15 is 0 Å². The van der Waals surface area contributed by atoms with Gasteiger partial charge in [0, 0.05) is 18.5 Å². The van der Waals surface area contributed by atoms with Gasteiger partial charge < -0.3 is 14.4 Å². The SMILES string of the molecule is CCOC(=O)c1cc(OCC)c(-c2ccc(F)cc2)c(N2CCCC2=O)c1. The van der Waals surface area contributed by atoms with Gasteiger partial charge in [0.25, 0.3) is 0 Å². The fourth-order valence-electron chi connectivity index (χ4n) is 3.22. The summed E-state index contributed by atoms with van der Waals surface area (Å²) in [5.41, 5.74) is 2.28. The summed E-state index contributed by atoms with van der Waals surface area (Å²) >= 11 is 0. The Labute approximate surface area is 157 Å². The Morgan fingerprint density at radius 3 is 2.48 bits per heavy atom. The van der Waals surface area contributed by atoms with Crippen LogP contribution in [0.25, 0.3) is 11.1 Å². The molecular formula is C21H22FNO4. The number of esters is 1. The molecule has 1 aliphatic heterocycles. The first-order chi connectivity index (χ1) is 13.0. The summed E-state index contributed by atoms with van der Waals surface area (Å²) in [7, 11) is 0. The summed E-state index contributed by atoms with van der Waals surface area (Å²) in [6.07, 6.45) is 1.20. The highest BCUT2D eigenvalue weighted by Gasteiger charge is 2.28. The van der Waals surface area contributed by atoms with E-state index < -0.39 is 5.97 Å². The first-order valence-electron chi connectivity index (χ1n) is 9.09. The van der Waals surface area contributed by atoms with E-state index in [0.717, 1.165) is 6.42 Å². The molecule has 0 unspecified atom stereocenters. The molecule has 6 heteroatoms. The standard InChI is InChI=1S/C21H22FNO4/c1-3-26-18-13-15(21(25)27-4-2)12-17(23-11-5-6-19(23)24)20(18)14-7-9-16(22)10-8-14/h7-10,12-13H,3-6,11H2,1-2H3. The number of amides is 1. The molecule has 0 aromatic heterocycles. The second kappa shape index (κ2) is 8.20. The van der Waals surface area contributed by atoms with Crippen LogP contribution in [0.15, 0.2) is 36.4 Å². The summed E-state index contributed by atoms with van der Waals surface area (Å²) in [6, 6.07) is 9.27. The molecule has 142 valence electrons. The molecule has 0 N–H and O–H groups in total. The van der Waals surface area contributed by atoms with E-state index in [4.69, 9.17) is 9.47 Å². The van der Waals surface area contributed by atoms with Gasteiger partial charge in [0.1, 0.15) is 11.6 Å². The molecular weight excluding hydrogens is 349 g/mol. The number of hydrogen-bond acceptors (Lipinski definition) is 4. The third-order valence-electron chi connectivity index (χ3n) is 4.39. The zero-order valence-corrected chi connectivity index (χ0v) is 15.5. The Bertz CT molecular complexity index is 848. The first-order valence-corrected chi connectivity index (χ1v) is 9.09. The minimum atomic E-state index is -0.475. The Hall–Kier alpha value is -2.89. The van der Waals surface area contributed by atoms with Crippen LogP contribution in [-0.4, -0.2) is 31.6 Å². The zero-order chi connectivity index (χ0) is 19.4. The summed E-state index contributed by atoms with van der Waals surface area (Å²) in [4.78, 5) is 26.4. The summed E-state index contributed by atoms with van der Waals surface area (Å²) < 4.78 is 24.3. The predicted octanol–water partition coefficient (Wildman–Crippen LogP) is 4.19. The Balaban J connectivity index is 2.22. The molecule has 2 aromatic rings. The topological polar surface area (TPSA) is 55.8 Å². The van der Waals surface area contributed by atoms with Gasteiger partial charge in [-0.25, -0.2) is 9.18 Å². The molecule has 0 spiro atoms. The Morgan fingerprint density at radius 1 is 1.15 bits per heavy atom. The van der Waals surface area contributed by atoms with Crippen LogP contribution < -0.4 is 9.64 Å². The molecule has 3 rings (SSSR count). The highest BCUT2D eigenvalue weighted by Crippen LogP contribution is 2.42. The molecule has 0 saturated carbocycles. The number of ether oxygens (including phenoxy) is 2. The number of anilines is 1. The van der Waals surface area contributed by atoms with Crippen LogP contribution >= 0.6 is 0 Å². The number of benzene rings is 2. The number of carbonyl (C=O) groups is 2. The van der Waals surface area contributed by atoms with Crippen molar-refractivity contribution in [2.45, 2.75) is 26.7 Å². The van der Waals surface area contributed by atoms with Crippen molar-refractivity contribution in [3.63, 3.8) is 0 Å². The lowest BCUT2D eigenvalue weighted by atomic mass is 9.99. The van der Waals surface area contributed by atoms with Crippen LogP contribution in [0, 0.1) is 5.82 Å². The predicted molar refractivity (Wildman–Crippen MR) is 101 cm³/mol. The second-order valence-electron chi connectivity index (χ2n) is 6.18. The molecule has 0 aliphatic carbocycles. The molecule has 0 bridgehead atoms. The van der Waals surface area contributed by atoms with E-state index in [1.54, 1.807) is 36.1 Å². The maximum absolute atomic E-state index is 13.4. The normalized spacial score (nSPS) is 13.7. The summed E-state index contributed by atoms with van der Waals surface area (Å²) in [6.45, 7) is 4.77. The van der Waals surface area contributed by atoms with Crippen LogP contribution in [-0.2, 0) is 9.53 Å². The van der Waals surface area contributed by atoms with Crippen LogP contribution in [0.4, 0.5) is 10.1 Å². The van der Waals surface area contributed by atoms with E-state index in [-0.39, 0.29) is 18.3 Å². The minimum absolute atomic E-state index is 0.0122. The number of halogens is 1. The fourth-order valence-corrected chi connectivity index (χ4v) is 3.22. The quantitative estimate of drug-likeness (QED) is 0.715. The van der Waals surface area contributed by atoms with Crippen molar-refractivity contribution in [1.82, 2.24) is 0 Å².